The Labute approximate surface area is 78.4 Å². The van der Waals surface area contributed by atoms with E-state index < -0.39 is 18.4 Å². The summed E-state index contributed by atoms with van der Waals surface area (Å²) in [7, 11) is 0. The third-order valence-corrected chi connectivity index (χ3v) is 1.44. The Kier molecular flexibility index (Phi) is 2.08. The largest absolute Gasteiger partial charge is 0.508 e. The number of benzene rings is 1. The highest BCUT2D eigenvalue weighted by Gasteiger charge is 2.11. The van der Waals surface area contributed by atoms with Gasteiger partial charge in [0.25, 0.3) is 0 Å². The molecule has 0 saturated heterocycles. The fraction of sp³-hybridized carbons (Fsp3) is 0.222. The number of phenolic OH excluding ortho intramolecular Hbond substituents is 1. The van der Waals surface area contributed by atoms with Gasteiger partial charge in [-0.15, -0.1) is 0 Å². The van der Waals surface area contributed by atoms with Crippen LogP contribution in [-0.2, 0) is 11.2 Å². The van der Waals surface area contributed by atoms with E-state index in [1.165, 1.54) is 24.3 Å². The molecule has 70 valence electrons. The highest BCUT2D eigenvalue weighted by atomic mass is 16.4. The highest BCUT2D eigenvalue weighted by Crippen LogP contribution is 2.11. The third-order valence-electron chi connectivity index (χ3n) is 1.44. The number of hydrogen-bond acceptors (Lipinski definition) is 3. The smallest absolute Gasteiger partial charge is 0.320 e. The molecule has 0 radical (unpaired) electrons. The summed E-state index contributed by atoms with van der Waals surface area (Å²) in [4.78, 5) is 10.6. The van der Waals surface area contributed by atoms with Crippen LogP contribution < -0.4 is 5.73 Å². The molecule has 13 heavy (non-hydrogen) atoms. The fourth-order valence-electron chi connectivity index (χ4n) is 0.856. The molecule has 0 aliphatic heterocycles. The third kappa shape index (κ3) is 2.76. The quantitative estimate of drug-likeness (QED) is 0.631. The minimum absolute atomic E-state index is 0.0917. The summed E-state index contributed by atoms with van der Waals surface area (Å²) in [5.74, 6) is -1.67. The van der Waals surface area contributed by atoms with Crippen LogP contribution in [0, 0.1) is 0 Å². The molecule has 0 spiro atoms. The molecular weight excluding hydrogens is 170 g/mol. The van der Waals surface area contributed by atoms with E-state index in [4.69, 9.17) is 18.7 Å². The van der Waals surface area contributed by atoms with E-state index in [1.807, 2.05) is 0 Å². The average molecular weight is 183 g/mol. The predicted octanol–water partition coefficient (Wildman–Crippen LogP) is 0.347. The number of nitrogens with two attached hydrogens (primary N) is 1. The van der Waals surface area contributed by atoms with Gasteiger partial charge in [0.15, 0.2) is 0 Å². The predicted molar refractivity (Wildman–Crippen MR) is 47.4 cm³/mol. The zero-order valence-electron chi connectivity index (χ0n) is 8.77. The van der Waals surface area contributed by atoms with E-state index in [1.54, 1.807) is 0 Å². The average Bonchev–Trinajstić information content (AvgIpc) is 2.16. The summed E-state index contributed by atoms with van der Waals surface area (Å²) < 4.78 is 14.8. The number of rotatable bonds is 3. The van der Waals surface area contributed by atoms with Gasteiger partial charge in [0.1, 0.15) is 11.8 Å². The van der Waals surface area contributed by atoms with Crippen molar-refractivity contribution < 1.29 is 17.7 Å². The van der Waals surface area contributed by atoms with Crippen molar-refractivity contribution in [2.24, 2.45) is 5.73 Å². The van der Waals surface area contributed by atoms with E-state index >= 15 is 0 Å². The maximum atomic E-state index is 10.6. The van der Waals surface area contributed by atoms with Crippen LogP contribution in [-0.4, -0.2) is 22.2 Å². The lowest BCUT2D eigenvalue weighted by molar-refractivity contribution is -0.138. The topological polar surface area (TPSA) is 83.5 Å². The number of carboxylic acid groups (broad SMARTS) is 1. The molecule has 4 nitrogen and oxygen atoms in total. The van der Waals surface area contributed by atoms with Gasteiger partial charge in [-0.2, -0.15) is 0 Å². The standard InChI is InChI=1S/C9H11NO3/c10-8(9(12)13)5-6-2-1-3-7(11)4-6/h1-4,8,11H,5,10H2,(H,12,13)/t8-/m1/s1/i5D,8D/t5?,8-. The lowest BCUT2D eigenvalue weighted by Crippen LogP contribution is -2.32. The van der Waals surface area contributed by atoms with Gasteiger partial charge in [-0.3, -0.25) is 4.79 Å². The van der Waals surface area contributed by atoms with Crippen LogP contribution in [0.3, 0.4) is 0 Å². The monoisotopic (exact) mass is 183 g/mol. The van der Waals surface area contributed by atoms with Crippen molar-refractivity contribution in [2.75, 3.05) is 0 Å². The number of carbonyl (C=O) groups is 1. The summed E-state index contributed by atoms with van der Waals surface area (Å²) in [6, 6.07) is 3.09. The molecule has 4 heteroatoms. The molecule has 1 aromatic carbocycles. The Hall–Kier alpha value is -1.55. The van der Waals surface area contributed by atoms with Crippen LogP contribution in [0.15, 0.2) is 24.3 Å². The van der Waals surface area contributed by atoms with Gasteiger partial charge in [0.2, 0.25) is 0 Å². The molecule has 0 heterocycles. The van der Waals surface area contributed by atoms with Crippen molar-refractivity contribution in [3.8, 4) is 5.75 Å². The SMILES string of the molecule is [2H]C(c1cccc(O)c1)[C@@]([2H])(N)C(=O)O. The van der Waals surface area contributed by atoms with Gasteiger partial charge in [-0.1, -0.05) is 12.1 Å². The molecule has 1 rings (SSSR count). The van der Waals surface area contributed by atoms with Crippen molar-refractivity contribution in [2.45, 2.75) is 12.4 Å². The Morgan fingerprint density at radius 2 is 2.46 bits per heavy atom. The summed E-state index contributed by atoms with van der Waals surface area (Å²) in [6.45, 7) is 0. The number of carboxylic acids is 1. The van der Waals surface area contributed by atoms with Crippen LogP contribution in [0.25, 0.3) is 0 Å². The minimum atomic E-state index is -2.42. The Morgan fingerprint density at radius 3 is 3.00 bits per heavy atom. The minimum Gasteiger partial charge on any atom is -0.508 e. The highest BCUT2D eigenvalue weighted by molar-refractivity contribution is 5.73. The second-order valence-corrected chi connectivity index (χ2v) is 2.50. The Bertz CT molecular complexity index is 381. The van der Waals surface area contributed by atoms with Crippen LogP contribution in [0.5, 0.6) is 5.75 Å². The molecule has 1 unspecified atom stereocenters. The molecule has 0 aliphatic rings. The van der Waals surface area contributed by atoms with E-state index in [9.17, 15) is 4.79 Å². The second kappa shape index (κ2) is 3.91. The van der Waals surface area contributed by atoms with E-state index in [0.29, 0.717) is 0 Å². The van der Waals surface area contributed by atoms with Crippen LogP contribution in [0.1, 0.15) is 8.30 Å². The van der Waals surface area contributed by atoms with Crippen molar-refractivity contribution >= 4 is 5.97 Å². The molecule has 0 saturated carbocycles. The van der Waals surface area contributed by atoms with Crippen molar-refractivity contribution in [3.05, 3.63) is 29.8 Å². The number of aliphatic carboxylic acids is 1. The number of phenols is 1. The van der Waals surface area contributed by atoms with Crippen molar-refractivity contribution in [1.82, 2.24) is 0 Å². The first-order chi connectivity index (χ1) is 6.85. The molecule has 0 fully saturated rings. The maximum absolute atomic E-state index is 10.6. The maximum Gasteiger partial charge on any atom is 0.320 e. The second-order valence-electron chi connectivity index (χ2n) is 2.50. The first-order valence-corrected chi connectivity index (χ1v) is 3.59. The molecule has 1 aromatic rings. The summed E-state index contributed by atoms with van der Waals surface area (Å²) >= 11 is 0. The zero-order chi connectivity index (χ0) is 11.6. The first-order valence-electron chi connectivity index (χ1n) is 4.67. The number of hydrogen-bond donors (Lipinski definition) is 3. The zero-order valence-corrected chi connectivity index (χ0v) is 6.77. The molecular formula is C9H11NO3. The van der Waals surface area contributed by atoms with Gasteiger partial charge in [-0.05, 0) is 24.1 Å². The molecule has 0 aliphatic carbocycles. The van der Waals surface area contributed by atoms with Crippen LogP contribution in [0.4, 0.5) is 0 Å². The molecule has 0 amide bonds. The lowest BCUT2D eigenvalue weighted by Gasteiger charge is -2.05. The van der Waals surface area contributed by atoms with E-state index in [0.717, 1.165) is 0 Å². The van der Waals surface area contributed by atoms with Crippen LogP contribution in [0.2, 0.25) is 0 Å². The van der Waals surface area contributed by atoms with E-state index in [-0.39, 0.29) is 11.3 Å². The fourth-order valence-corrected chi connectivity index (χ4v) is 0.856. The first kappa shape index (κ1) is 6.91. The Balaban J connectivity index is 3.04. The van der Waals surface area contributed by atoms with Gasteiger partial charge in [0.05, 0.1) is 1.37 Å². The summed E-state index contributed by atoms with van der Waals surface area (Å²) in [6.07, 6.45) is -1.46. The molecule has 0 aromatic heterocycles. The normalized spacial score (nSPS) is 19.5. The van der Waals surface area contributed by atoms with Gasteiger partial charge in [-0.25, -0.2) is 0 Å². The number of aromatic hydroxyl groups is 1. The summed E-state index contributed by atoms with van der Waals surface area (Å²) in [5.41, 5.74) is 5.37. The molecule has 0 bridgehead atoms. The lowest BCUT2D eigenvalue weighted by atomic mass is 10.1. The van der Waals surface area contributed by atoms with Crippen molar-refractivity contribution in [1.29, 1.82) is 0 Å². The van der Waals surface area contributed by atoms with Crippen molar-refractivity contribution in [3.63, 3.8) is 0 Å². The molecule has 4 N–H and O–H groups in total. The van der Waals surface area contributed by atoms with Gasteiger partial charge < -0.3 is 15.9 Å². The molecule has 2 atom stereocenters. The van der Waals surface area contributed by atoms with Gasteiger partial charge in [0, 0.05) is 1.37 Å². The Morgan fingerprint density at radius 1 is 1.77 bits per heavy atom. The summed E-state index contributed by atoms with van der Waals surface area (Å²) in [5, 5.41) is 17.8. The van der Waals surface area contributed by atoms with Crippen LogP contribution >= 0.6 is 0 Å². The van der Waals surface area contributed by atoms with E-state index in [2.05, 4.69) is 0 Å². The van der Waals surface area contributed by atoms with Gasteiger partial charge >= 0.3 is 5.97 Å².